The van der Waals surface area contributed by atoms with E-state index >= 15 is 0 Å². The van der Waals surface area contributed by atoms with Crippen molar-refractivity contribution in [1.82, 2.24) is 5.32 Å². The molecule has 0 aromatic rings. The van der Waals surface area contributed by atoms with Crippen LogP contribution in [0.1, 0.15) is 19.3 Å². The molecule has 0 aliphatic carbocycles. The molecule has 0 amide bonds. The molecule has 1 aliphatic heterocycles. The topological polar surface area (TPSA) is 64.6 Å². The zero-order valence-corrected chi connectivity index (χ0v) is 11.3. The number of hydrogen-bond acceptors (Lipinski definition) is 5. The van der Waals surface area contributed by atoms with Gasteiger partial charge in [0, 0.05) is 26.0 Å². The fourth-order valence-corrected chi connectivity index (χ4v) is 2.20. The van der Waals surface area contributed by atoms with Gasteiger partial charge in [0.1, 0.15) is 9.84 Å². The Hall–Kier alpha value is -0.170. The molecule has 0 spiro atoms. The minimum absolute atomic E-state index is 0.179. The largest absolute Gasteiger partial charge is 0.377 e. The van der Waals surface area contributed by atoms with E-state index in [2.05, 4.69) is 5.32 Å². The number of nitrogens with one attached hydrogen (secondary N) is 1. The van der Waals surface area contributed by atoms with Crippen LogP contribution in [0.4, 0.5) is 0 Å². The van der Waals surface area contributed by atoms with E-state index in [1.165, 1.54) is 12.7 Å². The van der Waals surface area contributed by atoms with Crippen LogP contribution < -0.4 is 5.32 Å². The average molecular weight is 265 g/mol. The van der Waals surface area contributed by atoms with Crippen LogP contribution in [0.25, 0.3) is 0 Å². The molecule has 0 aromatic carbocycles. The summed E-state index contributed by atoms with van der Waals surface area (Å²) < 4.78 is 32.7. The fraction of sp³-hybridized carbons (Fsp3) is 1.00. The summed E-state index contributed by atoms with van der Waals surface area (Å²) in [6, 6.07) is 0. The molecule has 0 saturated carbocycles. The molecule has 0 aromatic heterocycles. The van der Waals surface area contributed by atoms with Gasteiger partial charge in [0.15, 0.2) is 0 Å². The van der Waals surface area contributed by atoms with E-state index in [1.807, 2.05) is 0 Å². The highest BCUT2D eigenvalue weighted by Gasteiger charge is 2.13. The van der Waals surface area contributed by atoms with Gasteiger partial charge < -0.3 is 14.8 Å². The zero-order chi connectivity index (χ0) is 12.6. The molecule has 5 nitrogen and oxygen atoms in total. The summed E-state index contributed by atoms with van der Waals surface area (Å²) in [5.41, 5.74) is 0. The van der Waals surface area contributed by atoms with E-state index in [9.17, 15) is 8.42 Å². The molecule has 102 valence electrons. The van der Waals surface area contributed by atoms with Crippen LogP contribution in [0.3, 0.4) is 0 Å². The monoisotopic (exact) mass is 265 g/mol. The van der Waals surface area contributed by atoms with Gasteiger partial charge in [0.2, 0.25) is 0 Å². The summed E-state index contributed by atoms with van der Waals surface area (Å²) in [5.74, 6) is 0.179. The number of hydrogen-bond donors (Lipinski definition) is 1. The quantitative estimate of drug-likeness (QED) is 0.635. The maximum absolute atomic E-state index is 10.8. The Bertz CT molecular complexity index is 286. The maximum atomic E-state index is 10.8. The first kappa shape index (κ1) is 14.9. The molecule has 1 rings (SSSR count). The van der Waals surface area contributed by atoms with Gasteiger partial charge in [-0.1, -0.05) is 0 Å². The predicted molar refractivity (Wildman–Crippen MR) is 67.0 cm³/mol. The van der Waals surface area contributed by atoms with Crippen LogP contribution in [0.2, 0.25) is 0 Å². The summed E-state index contributed by atoms with van der Waals surface area (Å²) in [7, 11) is -2.86. The summed E-state index contributed by atoms with van der Waals surface area (Å²) in [6.45, 7) is 3.27. The van der Waals surface area contributed by atoms with Crippen molar-refractivity contribution >= 4 is 9.84 Å². The van der Waals surface area contributed by atoms with Crippen molar-refractivity contribution in [2.24, 2.45) is 0 Å². The van der Waals surface area contributed by atoms with E-state index < -0.39 is 9.84 Å². The second-order valence-electron chi connectivity index (χ2n) is 4.44. The van der Waals surface area contributed by atoms with Crippen LogP contribution in [0, 0.1) is 0 Å². The lowest BCUT2D eigenvalue weighted by Crippen LogP contribution is -2.28. The highest BCUT2D eigenvalue weighted by atomic mass is 32.2. The molecule has 1 aliphatic rings. The van der Waals surface area contributed by atoms with E-state index in [4.69, 9.17) is 9.47 Å². The van der Waals surface area contributed by atoms with Crippen molar-refractivity contribution in [3.8, 4) is 0 Å². The van der Waals surface area contributed by atoms with Crippen LogP contribution >= 0.6 is 0 Å². The summed E-state index contributed by atoms with van der Waals surface area (Å²) in [5, 5.41) is 3.03. The minimum Gasteiger partial charge on any atom is -0.377 e. The summed E-state index contributed by atoms with van der Waals surface area (Å²) >= 11 is 0. The van der Waals surface area contributed by atoms with Crippen molar-refractivity contribution in [3.63, 3.8) is 0 Å². The normalized spacial score (nSPS) is 21.6. The van der Waals surface area contributed by atoms with Crippen LogP contribution in [-0.4, -0.2) is 59.4 Å². The number of rotatable bonds is 8. The molecular formula is C11H23NO4S. The van der Waals surface area contributed by atoms with Crippen LogP contribution in [0.15, 0.2) is 0 Å². The van der Waals surface area contributed by atoms with E-state index in [0.29, 0.717) is 26.3 Å². The molecule has 1 atom stereocenters. The van der Waals surface area contributed by atoms with E-state index in [0.717, 1.165) is 19.4 Å². The summed E-state index contributed by atoms with van der Waals surface area (Å²) in [4.78, 5) is 0. The third-order valence-electron chi connectivity index (χ3n) is 2.65. The molecule has 1 N–H and O–H groups in total. The molecule has 0 radical (unpaired) electrons. The second-order valence-corrected chi connectivity index (χ2v) is 6.70. The van der Waals surface area contributed by atoms with Gasteiger partial charge in [0.05, 0.1) is 25.1 Å². The predicted octanol–water partition coefficient (Wildman–Crippen LogP) is 0.206. The smallest absolute Gasteiger partial charge is 0.148 e. The van der Waals surface area contributed by atoms with Crippen LogP contribution in [0.5, 0.6) is 0 Å². The molecule has 1 unspecified atom stereocenters. The second kappa shape index (κ2) is 8.02. The lowest BCUT2D eigenvalue weighted by atomic mass is 10.1. The van der Waals surface area contributed by atoms with Crippen molar-refractivity contribution in [2.45, 2.75) is 25.4 Å². The molecule has 1 fully saturated rings. The van der Waals surface area contributed by atoms with Gasteiger partial charge in [-0.25, -0.2) is 8.42 Å². The number of ether oxygens (including phenoxy) is 2. The first-order valence-corrected chi connectivity index (χ1v) is 8.22. The number of sulfone groups is 1. The first-order chi connectivity index (χ1) is 8.08. The Balaban J connectivity index is 1.87. The Morgan fingerprint density at radius 3 is 2.82 bits per heavy atom. The van der Waals surface area contributed by atoms with Gasteiger partial charge in [-0.3, -0.25) is 0 Å². The molecule has 1 heterocycles. The van der Waals surface area contributed by atoms with Gasteiger partial charge in [-0.15, -0.1) is 0 Å². The standard InChI is InChI=1S/C11H23NO4S/c1-17(13,14)9-6-12-5-8-15-10-11-4-2-3-7-16-11/h11-12H,2-10H2,1H3. The van der Waals surface area contributed by atoms with Crippen molar-refractivity contribution in [2.75, 3.05) is 44.9 Å². The minimum atomic E-state index is -2.86. The fourth-order valence-electron chi connectivity index (χ4n) is 1.68. The third kappa shape index (κ3) is 8.54. The van der Waals surface area contributed by atoms with Gasteiger partial charge in [-0.05, 0) is 19.3 Å². The highest BCUT2D eigenvalue weighted by molar-refractivity contribution is 7.90. The van der Waals surface area contributed by atoms with Gasteiger partial charge in [-0.2, -0.15) is 0 Å². The van der Waals surface area contributed by atoms with Crippen molar-refractivity contribution in [3.05, 3.63) is 0 Å². The molecule has 17 heavy (non-hydrogen) atoms. The maximum Gasteiger partial charge on any atom is 0.148 e. The van der Waals surface area contributed by atoms with Crippen molar-refractivity contribution < 1.29 is 17.9 Å². The van der Waals surface area contributed by atoms with Crippen molar-refractivity contribution in [1.29, 1.82) is 0 Å². The Labute approximate surface area is 104 Å². The average Bonchev–Trinajstić information content (AvgIpc) is 2.28. The van der Waals surface area contributed by atoms with Crippen LogP contribution in [-0.2, 0) is 19.3 Å². The molecule has 0 bridgehead atoms. The van der Waals surface area contributed by atoms with E-state index in [1.54, 1.807) is 0 Å². The van der Waals surface area contributed by atoms with E-state index in [-0.39, 0.29) is 11.9 Å². The lowest BCUT2D eigenvalue weighted by molar-refractivity contribution is -0.0398. The Morgan fingerprint density at radius 2 is 2.18 bits per heavy atom. The Kier molecular flexibility index (Phi) is 7.03. The lowest BCUT2D eigenvalue weighted by Gasteiger charge is -2.22. The zero-order valence-electron chi connectivity index (χ0n) is 10.5. The molecule has 6 heteroatoms. The van der Waals surface area contributed by atoms with Gasteiger partial charge >= 0.3 is 0 Å². The summed E-state index contributed by atoms with van der Waals surface area (Å²) in [6.07, 6.45) is 4.96. The molecule has 1 saturated heterocycles. The third-order valence-corrected chi connectivity index (χ3v) is 3.60. The Morgan fingerprint density at radius 1 is 1.35 bits per heavy atom. The molecular weight excluding hydrogens is 242 g/mol. The SMILES string of the molecule is CS(=O)(=O)CCNCCOCC1CCCCO1. The first-order valence-electron chi connectivity index (χ1n) is 6.16. The van der Waals surface area contributed by atoms with Gasteiger partial charge in [0.25, 0.3) is 0 Å². The highest BCUT2D eigenvalue weighted by Crippen LogP contribution is 2.12.